The highest BCUT2D eigenvalue weighted by Gasteiger charge is 2.27. The summed E-state index contributed by atoms with van der Waals surface area (Å²) < 4.78 is 2.78. The van der Waals surface area contributed by atoms with Crippen LogP contribution in [0.25, 0.3) is 16.7 Å². The molecule has 4 heterocycles. The van der Waals surface area contributed by atoms with Crippen LogP contribution < -0.4 is 21.7 Å². The fraction of sp³-hybridized carbons (Fsp3) is 0.233. The summed E-state index contributed by atoms with van der Waals surface area (Å²) in [5.41, 5.74) is 2.82. The third-order valence-corrected chi connectivity index (χ3v) is 8.57. The Morgan fingerprint density at radius 2 is 1.83 bits per heavy atom. The van der Waals surface area contributed by atoms with Crippen LogP contribution in [-0.2, 0) is 19.4 Å². The SMILES string of the molecule is Cc1cccn2c(=O)c3cc(C(=O)Nc4sc5c(c4C(=O)Nc4ccccc4)CCCC5)c(=N)n(CCO)c3nc12. The van der Waals surface area contributed by atoms with E-state index in [4.69, 9.17) is 5.41 Å². The molecule has 10 nitrogen and oxygen atoms in total. The Kier molecular flexibility index (Phi) is 6.98. The highest BCUT2D eigenvalue weighted by atomic mass is 32.1. The zero-order valence-corrected chi connectivity index (χ0v) is 23.2. The first kappa shape index (κ1) is 26.6. The summed E-state index contributed by atoms with van der Waals surface area (Å²) in [6, 6.07) is 14.1. The fourth-order valence-corrected chi connectivity index (χ4v) is 6.65. The van der Waals surface area contributed by atoms with Crippen LogP contribution in [0.3, 0.4) is 0 Å². The molecule has 208 valence electrons. The van der Waals surface area contributed by atoms with Crippen LogP contribution in [0.15, 0.2) is 59.5 Å². The topological polar surface area (TPSA) is 142 Å². The van der Waals surface area contributed by atoms with Gasteiger partial charge >= 0.3 is 0 Å². The lowest BCUT2D eigenvalue weighted by atomic mass is 9.95. The molecule has 0 aliphatic heterocycles. The minimum absolute atomic E-state index is 0.0248. The van der Waals surface area contributed by atoms with Crippen LogP contribution in [0, 0.1) is 12.3 Å². The van der Waals surface area contributed by atoms with Gasteiger partial charge in [0, 0.05) is 23.3 Å². The Balaban J connectivity index is 1.45. The summed E-state index contributed by atoms with van der Waals surface area (Å²) in [4.78, 5) is 46.4. The molecule has 1 aromatic carbocycles. The third-order valence-electron chi connectivity index (χ3n) is 7.36. The summed E-state index contributed by atoms with van der Waals surface area (Å²) in [7, 11) is 0. The molecule has 1 aliphatic carbocycles. The minimum Gasteiger partial charge on any atom is -0.395 e. The first-order valence-corrected chi connectivity index (χ1v) is 14.2. The number of aryl methyl sites for hydroxylation is 2. The van der Waals surface area contributed by atoms with E-state index < -0.39 is 5.91 Å². The average Bonchev–Trinajstić information content (AvgIpc) is 3.33. The summed E-state index contributed by atoms with van der Waals surface area (Å²) in [6.45, 7) is 1.50. The van der Waals surface area contributed by atoms with Gasteiger partial charge in [-0.2, -0.15) is 0 Å². The summed E-state index contributed by atoms with van der Waals surface area (Å²) in [6.07, 6.45) is 5.14. The molecule has 0 saturated heterocycles. The van der Waals surface area contributed by atoms with E-state index in [-0.39, 0.29) is 46.7 Å². The van der Waals surface area contributed by atoms with Crippen LogP contribution in [0.2, 0.25) is 0 Å². The number of aromatic nitrogens is 3. The number of pyridine rings is 2. The predicted molar refractivity (Wildman–Crippen MR) is 158 cm³/mol. The molecule has 41 heavy (non-hydrogen) atoms. The van der Waals surface area contributed by atoms with E-state index in [9.17, 15) is 19.5 Å². The molecule has 4 aromatic heterocycles. The molecule has 5 aromatic rings. The maximum absolute atomic E-state index is 13.7. The number of benzene rings is 1. The minimum atomic E-state index is -0.621. The molecule has 4 N–H and O–H groups in total. The highest BCUT2D eigenvalue weighted by Crippen LogP contribution is 2.38. The monoisotopic (exact) mass is 568 g/mol. The molecule has 0 atom stereocenters. The smallest absolute Gasteiger partial charge is 0.267 e. The van der Waals surface area contributed by atoms with Crippen molar-refractivity contribution in [2.75, 3.05) is 17.2 Å². The molecule has 2 amide bonds. The number of aliphatic hydroxyl groups excluding tert-OH is 1. The van der Waals surface area contributed by atoms with Crippen LogP contribution in [0.4, 0.5) is 10.7 Å². The molecular formula is C30H28N6O4S. The van der Waals surface area contributed by atoms with Crippen LogP contribution in [0.5, 0.6) is 0 Å². The van der Waals surface area contributed by atoms with Gasteiger partial charge in [-0.15, -0.1) is 11.3 Å². The molecular weight excluding hydrogens is 540 g/mol. The number of anilines is 2. The van der Waals surface area contributed by atoms with Gasteiger partial charge in [0.15, 0.2) is 0 Å². The Hall–Kier alpha value is -4.61. The van der Waals surface area contributed by atoms with E-state index in [1.807, 2.05) is 31.2 Å². The molecule has 0 fully saturated rings. The Morgan fingerprint density at radius 1 is 1.05 bits per heavy atom. The number of para-hydroxylation sites is 1. The van der Waals surface area contributed by atoms with E-state index in [0.29, 0.717) is 21.9 Å². The van der Waals surface area contributed by atoms with Crippen molar-refractivity contribution in [1.82, 2.24) is 14.0 Å². The maximum Gasteiger partial charge on any atom is 0.267 e. The molecule has 0 unspecified atom stereocenters. The van der Waals surface area contributed by atoms with Gasteiger partial charge in [0.05, 0.1) is 23.1 Å². The zero-order chi connectivity index (χ0) is 28.7. The molecule has 0 radical (unpaired) electrons. The number of hydrogen-bond acceptors (Lipinski definition) is 7. The number of fused-ring (bicyclic) bond motifs is 3. The van der Waals surface area contributed by atoms with Gasteiger partial charge in [-0.3, -0.25) is 24.2 Å². The summed E-state index contributed by atoms with van der Waals surface area (Å²) in [5, 5.41) is 25.0. The fourth-order valence-electron chi connectivity index (χ4n) is 5.37. The molecule has 0 spiro atoms. The Bertz CT molecular complexity index is 1960. The standard InChI is InChI=1S/C30H28N6O4S/c1-17-8-7-13-36-25(17)33-26-21(30(36)40)16-20(24(31)35(26)14-15-37)27(38)34-29-23(19-11-5-6-12-22(19)41-29)28(39)32-18-9-3-2-4-10-18/h2-4,7-10,13,16,31,37H,5-6,11-12,14-15H2,1H3,(H,32,39)(H,34,38). The summed E-state index contributed by atoms with van der Waals surface area (Å²) in [5.74, 6) is -0.931. The van der Waals surface area contributed by atoms with Crippen LogP contribution in [0.1, 0.15) is 49.6 Å². The Morgan fingerprint density at radius 3 is 2.61 bits per heavy atom. The van der Waals surface area contributed by atoms with Crippen molar-refractivity contribution in [2.24, 2.45) is 0 Å². The lowest BCUT2D eigenvalue weighted by molar-refractivity contribution is 0.102. The number of thiophene rings is 1. The van der Waals surface area contributed by atoms with Crippen LogP contribution in [-0.4, -0.2) is 37.5 Å². The van der Waals surface area contributed by atoms with Gasteiger partial charge in [0.2, 0.25) is 0 Å². The number of carbonyl (C=O) groups is 2. The van der Waals surface area contributed by atoms with Gasteiger partial charge in [-0.1, -0.05) is 24.3 Å². The van der Waals surface area contributed by atoms with Gasteiger partial charge in [0.25, 0.3) is 17.4 Å². The van der Waals surface area contributed by atoms with Gasteiger partial charge in [-0.05, 0) is 68.0 Å². The average molecular weight is 569 g/mol. The number of amides is 2. The zero-order valence-electron chi connectivity index (χ0n) is 22.4. The van der Waals surface area contributed by atoms with Gasteiger partial charge in [0.1, 0.15) is 21.8 Å². The predicted octanol–water partition coefficient (Wildman–Crippen LogP) is 3.87. The normalized spacial score (nSPS) is 12.8. The van der Waals surface area contributed by atoms with Crippen molar-refractivity contribution in [3.63, 3.8) is 0 Å². The number of nitrogens with one attached hydrogen (secondary N) is 3. The molecule has 6 rings (SSSR count). The van der Waals surface area contributed by atoms with Crippen LogP contribution >= 0.6 is 11.3 Å². The number of carbonyl (C=O) groups excluding carboxylic acids is 2. The van der Waals surface area contributed by atoms with Gasteiger partial charge < -0.3 is 20.3 Å². The lowest BCUT2D eigenvalue weighted by Crippen LogP contribution is -2.33. The lowest BCUT2D eigenvalue weighted by Gasteiger charge is -2.15. The second-order valence-electron chi connectivity index (χ2n) is 10.0. The number of hydrogen-bond donors (Lipinski definition) is 4. The number of rotatable bonds is 6. The van der Waals surface area contributed by atoms with Crippen molar-refractivity contribution in [2.45, 2.75) is 39.2 Å². The van der Waals surface area contributed by atoms with Gasteiger partial charge in [-0.25, -0.2) is 4.98 Å². The first-order valence-electron chi connectivity index (χ1n) is 13.4. The number of aliphatic hydroxyl groups is 1. The van der Waals surface area contributed by atoms with E-state index in [0.717, 1.165) is 41.7 Å². The molecule has 1 aliphatic rings. The van der Waals surface area contributed by atoms with Crippen molar-refractivity contribution in [1.29, 1.82) is 5.41 Å². The largest absolute Gasteiger partial charge is 0.395 e. The quantitative estimate of drug-likeness (QED) is 0.230. The maximum atomic E-state index is 13.7. The van der Waals surface area contributed by atoms with E-state index >= 15 is 0 Å². The van der Waals surface area contributed by atoms with Crippen molar-refractivity contribution in [3.8, 4) is 0 Å². The molecule has 11 heteroatoms. The molecule has 0 bridgehead atoms. The second kappa shape index (κ2) is 10.8. The summed E-state index contributed by atoms with van der Waals surface area (Å²) >= 11 is 1.38. The van der Waals surface area contributed by atoms with Crippen molar-refractivity contribution in [3.05, 3.63) is 97.7 Å². The van der Waals surface area contributed by atoms with E-state index in [1.165, 1.54) is 26.4 Å². The number of nitrogens with zero attached hydrogens (tertiary/aromatic N) is 3. The highest BCUT2D eigenvalue weighted by molar-refractivity contribution is 7.17. The third kappa shape index (κ3) is 4.72. The first-order chi connectivity index (χ1) is 19.9. The van der Waals surface area contributed by atoms with Crippen molar-refractivity contribution < 1.29 is 14.7 Å². The van der Waals surface area contributed by atoms with E-state index in [2.05, 4.69) is 15.6 Å². The van der Waals surface area contributed by atoms with Crippen molar-refractivity contribution >= 4 is 50.5 Å². The van der Waals surface area contributed by atoms with E-state index in [1.54, 1.807) is 24.4 Å². The second-order valence-corrected chi connectivity index (χ2v) is 11.1. The Labute approximate surface area is 238 Å². The molecule has 0 saturated carbocycles.